The highest BCUT2D eigenvalue weighted by Crippen LogP contribution is 2.37. The highest BCUT2D eigenvalue weighted by atomic mass is 35.5. The first-order valence-electron chi connectivity index (χ1n) is 5.48. The zero-order chi connectivity index (χ0) is 15.1. The second-order valence-corrected chi connectivity index (χ2v) is 6.62. The Hall–Kier alpha value is -0.860. The first-order chi connectivity index (χ1) is 9.40. The van der Waals surface area contributed by atoms with E-state index >= 15 is 0 Å². The van der Waals surface area contributed by atoms with Crippen molar-refractivity contribution in [1.29, 1.82) is 0 Å². The van der Waals surface area contributed by atoms with Gasteiger partial charge in [-0.25, -0.2) is 4.79 Å². The van der Waals surface area contributed by atoms with Crippen LogP contribution in [0.1, 0.15) is 0 Å². The minimum absolute atomic E-state index is 0.110. The van der Waals surface area contributed by atoms with Gasteiger partial charge in [-0.05, 0) is 12.1 Å². The van der Waals surface area contributed by atoms with E-state index in [0.29, 0.717) is 5.75 Å². The fourth-order valence-corrected chi connectivity index (χ4v) is 2.59. The molecule has 1 rings (SSSR count). The number of carbonyl (C=O) groups excluding carboxylic acids is 1. The number of anilines is 1. The van der Waals surface area contributed by atoms with Gasteiger partial charge in [0.1, 0.15) is 0 Å². The first-order valence-corrected chi connectivity index (χ1v) is 8.47. The molecule has 112 valence electrons. The van der Waals surface area contributed by atoms with Gasteiger partial charge >= 0.3 is 6.03 Å². The molecule has 1 aromatic rings. The van der Waals surface area contributed by atoms with Crippen molar-refractivity contribution in [2.75, 3.05) is 23.9 Å². The predicted octanol–water partition coefficient (Wildman–Crippen LogP) is 3.15. The van der Waals surface area contributed by atoms with E-state index in [0.717, 1.165) is 0 Å². The topological polar surface area (TPSA) is 58.2 Å². The van der Waals surface area contributed by atoms with Gasteiger partial charge in [-0.2, -0.15) is 8.78 Å². The van der Waals surface area contributed by atoms with Crippen LogP contribution in [-0.4, -0.2) is 34.6 Å². The van der Waals surface area contributed by atoms with Crippen molar-refractivity contribution in [1.82, 2.24) is 5.32 Å². The Morgan fingerprint density at radius 2 is 2.20 bits per heavy atom. The lowest BCUT2D eigenvalue weighted by atomic mass is 10.3. The summed E-state index contributed by atoms with van der Waals surface area (Å²) in [5.41, 5.74) is 0.206. The summed E-state index contributed by atoms with van der Waals surface area (Å²) in [5.74, 6) is -2.32. The molecule has 0 aliphatic rings. The Morgan fingerprint density at radius 3 is 2.80 bits per heavy atom. The van der Waals surface area contributed by atoms with Gasteiger partial charge in [-0.3, -0.25) is 4.21 Å². The van der Waals surface area contributed by atoms with E-state index in [1.807, 2.05) is 0 Å². The largest absolute Gasteiger partial charge is 0.337 e. The van der Waals surface area contributed by atoms with Gasteiger partial charge in [0.2, 0.25) is 0 Å². The molecule has 1 aromatic carbocycles. The summed E-state index contributed by atoms with van der Waals surface area (Å²) in [5, 5.41) is 5.06. The summed E-state index contributed by atoms with van der Waals surface area (Å²) in [6.45, 7) is 0.229. The van der Waals surface area contributed by atoms with E-state index in [2.05, 4.69) is 10.6 Å². The molecule has 0 saturated heterocycles. The van der Waals surface area contributed by atoms with Crippen LogP contribution in [0.3, 0.4) is 0 Å². The summed E-state index contributed by atoms with van der Waals surface area (Å²) >= 11 is 6.10. The summed E-state index contributed by atoms with van der Waals surface area (Å²) in [4.78, 5) is 11.7. The van der Waals surface area contributed by atoms with Crippen LogP contribution in [0, 0.1) is 0 Å². The zero-order valence-corrected chi connectivity index (χ0v) is 12.9. The van der Waals surface area contributed by atoms with Crippen LogP contribution in [0.15, 0.2) is 23.1 Å². The van der Waals surface area contributed by atoms with Gasteiger partial charge in [0.05, 0.1) is 15.6 Å². The number of halogens is 3. The molecule has 0 aromatic heterocycles. The van der Waals surface area contributed by atoms with E-state index in [-0.39, 0.29) is 33.9 Å². The molecule has 0 fully saturated rings. The molecule has 4 nitrogen and oxygen atoms in total. The molecule has 0 spiro atoms. The number of rotatable bonds is 6. The lowest BCUT2D eigenvalue weighted by Crippen LogP contribution is -2.31. The Morgan fingerprint density at radius 1 is 1.50 bits per heavy atom. The van der Waals surface area contributed by atoms with E-state index in [4.69, 9.17) is 11.6 Å². The van der Waals surface area contributed by atoms with Crippen molar-refractivity contribution in [3.8, 4) is 0 Å². The van der Waals surface area contributed by atoms with Crippen LogP contribution in [0.2, 0.25) is 5.02 Å². The van der Waals surface area contributed by atoms with E-state index in [1.165, 1.54) is 18.4 Å². The highest BCUT2D eigenvalue weighted by Gasteiger charge is 2.15. The number of nitrogens with one attached hydrogen (secondary N) is 2. The third kappa shape index (κ3) is 6.06. The maximum atomic E-state index is 12.5. The Kier molecular flexibility index (Phi) is 7.25. The van der Waals surface area contributed by atoms with Crippen LogP contribution < -0.4 is 10.6 Å². The number of hydrogen-bond acceptors (Lipinski definition) is 3. The number of thioether (sulfide) groups is 1. The number of alkyl halides is 2. The Labute approximate surface area is 127 Å². The van der Waals surface area contributed by atoms with Gasteiger partial charge in [0.25, 0.3) is 5.76 Å². The number of carbonyl (C=O) groups is 1. The summed E-state index contributed by atoms with van der Waals surface area (Å²) < 4.78 is 35.7. The van der Waals surface area contributed by atoms with E-state index in [1.54, 1.807) is 6.07 Å². The van der Waals surface area contributed by atoms with Crippen LogP contribution in [0.5, 0.6) is 0 Å². The molecule has 0 bridgehead atoms. The number of amides is 2. The van der Waals surface area contributed by atoms with Gasteiger partial charge in [0, 0.05) is 29.4 Å². The fraction of sp³-hybridized carbons (Fsp3) is 0.364. The third-order valence-electron chi connectivity index (χ3n) is 2.10. The van der Waals surface area contributed by atoms with Crippen LogP contribution >= 0.6 is 23.4 Å². The smallest absolute Gasteiger partial charge is 0.319 e. The number of urea groups is 1. The van der Waals surface area contributed by atoms with Crippen LogP contribution in [-0.2, 0) is 10.8 Å². The molecule has 0 aliphatic carbocycles. The molecule has 0 aliphatic heterocycles. The first kappa shape index (κ1) is 17.2. The summed E-state index contributed by atoms with van der Waals surface area (Å²) in [6, 6.07) is 3.94. The lowest BCUT2D eigenvalue weighted by molar-refractivity contribution is 0.251. The molecule has 0 unspecified atom stereocenters. The van der Waals surface area contributed by atoms with Crippen molar-refractivity contribution in [3.63, 3.8) is 0 Å². The quantitative estimate of drug-likeness (QED) is 0.781. The molecule has 2 amide bonds. The van der Waals surface area contributed by atoms with Gasteiger partial charge in [0.15, 0.2) is 0 Å². The molecule has 0 saturated carbocycles. The molecular formula is C11H13ClF2N2O2S2. The molecule has 20 heavy (non-hydrogen) atoms. The van der Waals surface area contributed by atoms with Crippen LogP contribution in [0.4, 0.5) is 19.3 Å². The molecule has 1 atom stereocenters. The van der Waals surface area contributed by atoms with Crippen molar-refractivity contribution in [3.05, 3.63) is 23.2 Å². The van der Waals surface area contributed by atoms with Crippen molar-refractivity contribution < 1.29 is 17.8 Å². The minimum atomic E-state index is -2.64. The average molecular weight is 343 g/mol. The normalized spacial score (nSPS) is 12.2. The second kappa shape index (κ2) is 8.43. The number of hydrogen-bond donors (Lipinski definition) is 2. The Bertz CT molecular complexity index is 503. The maximum Gasteiger partial charge on any atom is 0.319 e. The molecule has 2 N–H and O–H groups in total. The highest BCUT2D eigenvalue weighted by molar-refractivity contribution is 7.99. The number of benzene rings is 1. The monoisotopic (exact) mass is 342 g/mol. The Balaban J connectivity index is 2.69. The van der Waals surface area contributed by atoms with E-state index in [9.17, 15) is 17.8 Å². The summed E-state index contributed by atoms with van der Waals surface area (Å²) in [7, 11) is -1.01. The second-order valence-electron chi connectivity index (χ2n) is 3.65. The van der Waals surface area contributed by atoms with Crippen molar-refractivity contribution >= 4 is 45.9 Å². The van der Waals surface area contributed by atoms with Gasteiger partial charge in [-0.15, -0.1) is 0 Å². The fourth-order valence-electron chi connectivity index (χ4n) is 1.29. The zero-order valence-electron chi connectivity index (χ0n) is 10.5. The lowest BCUT2D eigenvalue weighted by Gasteiger charge is -2.12. The molecular weight excluding hydrogens is 330 g/mol. The SMILES string of the molecule is C[S@](=O)CCNC(=O)Nc1cccc(Cl)c1SC(F)F. The molecule has 0 radical (unpaired) electrons. The van der Waals surface area contributed by atoms with Crippen molar-refractivity contribution in [2.24, 2.45) is 0 Å². The summed E-state index contributed by atoms with van der Waals surface area (Å²) in [6.07, 6.45) is 1.52. The maximum absolute atomic E-state index is 12.5. The standard InChI is InChI=1S/C11H13ClF2N2O2S2/c1-20(18)6-5-15-11(17)16-8-4-2-3-7(12)9(8)19-10(13)14/h2-4,10H,5-6H2,1H3,(H2,15,16,17)/t20-/m0/s1. The average Bonchev–Trinajstić information content (AvgIpc) is 2.32. The van der Waals surface area contributed by atoms with Gasteiger partial charge < -0.3 is 10.6 Å². The van der Waals surface area contributed by atoms with E-state index < -0.39 is 22.6 Å². The minimum Gasteiger partial charge on any atom is -0.337 e. The molecule has 0 heterocycles. The van der Waals surface area contributed by atoms with Crippen LogP contribution in [0.25, 0.3) is 0 Å². The van der Waals surface area contributed by atoms with Gasteiger partial charge in [-0.1, -0.05) is 29.4 Å². The van der Waals surface area contributed by atoms with Crippen molar-refractivity contribution in [2.45, 2.75) is 10.7 Å². The third-order valence-corrected chi connectivity index (χ3v) is 4.16. The predicted molar refractivity (Wildman–Crippen MR) is 79.3 cm³/mol. The molecule has 9 heteroatoms.